The molecule has 1 unspecified atom stereocenters. The molecule has 6 nitrogen and oxygen atoms in total. The van der Waals surface area contributed by atoms with E-state index in [1.807, 2.05) is 18.3 Å². The Balaban J connectivity index is 1.38. The van der Waals surface area contributed by atoms with Crippen molar-refractivity contribution in [1.82, 2.24) is 19.9 Å². The Hall–Kier alpha value is -2.86. The summed E-state index contributed by atoms with van der Waals surface area (Å²) in [6, 6.07) is 12.9. The average molecular weight is 387 g/mol. The van der Waals surface area contributed by atoms with Gasteiger partial charge in [-0.25, -0.2) is 4.98 Å². The molecule has 29 heavy (non-hydrogen) atoms. The number of aryl methyl sites for hydroxylation is 1. The number of hydrogen-bond donors (Lipinski definition) is 1. The fraction of sp³-hybridized carbons (Fsp3) is 0.391. The lowest BCUT2D eigenvalue weighted by Gasteiger charge is -2.34. The number of nitrogens with one attached hydrogen (secondary N) is 1. The van der Waals surface area contributed by atoms with Crippen molar-refractivity contribution in [3.63, 3.8) is 0 Å². The first kappa shape index (κ1) is 18.2. The maximum atomic E-state index is 4.82. The standard InChI is InChI=1S/C23H26N6/c1-2-9-19-18(8-1)27-22(28-19)16-29(15-5-11-21-24-13-14-25-21)20-10-3-6-17-7-4-12-26-23(17)20/h1-2,4,7-9,12-14,20-21H,3,5-6,10-11,15-16H2,(H,27,28). The summed E-state index contributed by atoms with van der Waals surface area (Å²) in [5, 5.41) is 0. The highest BCUT2D eigenvalue weighted by atomic mass is 15.2. The van der Waals surface area contributed by atoms with E-state index in [9.17, 15) is 0 Å². The van der Waals surface area contributed by atoms with Gasteiger partial charge in [-0.2, -0.15) is 0 Å². The van der Waals surface area contributed by atoms with Crippen LogP contribution >= 0.6 is 0 Å². The second-order valence-corrected chi connectivity index (χ2v) is 7.85. The van der Waals surface area contributed by atoms with Crippen molar-refractivity contribution in [2.75, 3.05) is 6.54 Å². The van der Waals surface area contributed by atoms with Gasteiger partial charge in [-0.3, -0.25) is 19.9 Å². The second kappa shape index (κ2) is 8.25. The lowest BCUT2D eigenvalue weighted by molar-refractivity contribution is 0.158. The van der Waals surface area contributed by atoms with Crippen molar-refractivity contribution >= 4 is 23.5 Å². The fourth-order valence-electron chi connectivity index (χ4n) is 4.50. The third kappa shape index (κ3) is 3.98. The number of fused-ring (bicyclic) bond motifs is 2. The summed E-state index contributed by atoms with van der Waals surface area (Å²) in [4.78, 5) is 24.4. The predicted molar refractivity (Wildman–Crippen MR) is 116 cm³/mol. The van der Waals surface area contributed by atoms with Gasteiger partial charge in [0.2, 0.25) is 0 Å². The molecule has 0 amide bonds. The number of para-hydroxylation sites is 2. The number of imidazole rings is 1. The maximum Gasteiger partial charge on any atom is 0.139 e. The van der Waals surface area contributed by atoms with Crippen LogP contribution in [0.4, 0.5) is 0 Å². The number of hydrogen-bond acceptors (Lipinski definition) is 5. The van der Waals surface area contributed by atoms with Crippen molar-refractivity contribution in [2.45, 2.75) is 50.9 Å². The molecule has 0 saturated heterocycles. The van der Waals surface area contributed by atoms with Crippen molar-refractivity contribution in [1.29, 1.82) is 0 Å². The van der Waals surface area contributed by atoms with Gasteiger partial charge in [0.25, 0.3) is 0 Å². The Morgan fingerprint density at radius 1 is 1.07 bits per heavy atom. The normalized spacial score (nSPS) is 18.7. The highest BCUT2D eigenvalue weighted by Crippen LogP contribution is 2.34. The van der Waals surface area contributed by atoms with Gasteiger partial charge < -0.3 is 4.98 Å². The lowest BCUT2D eigenvalue weighted by Crippen LogP contribution is -2.33. The Kier molecular flexibility index (Phi) is 5.17. The summed E-state index contributed by atoms with van der Waals surface area (Å²) in [6.45, 7) is 1.78. The van der Waals surface area contributed by atoms with Crippen LogP contribution in [0.5, 0.6) is 0 Å². The van der Waals surface area contributed by atoms with Gasteiger partial charge >= 0.3 is 0 Å². The fourth-order valence-corrected chi connectivity index (χ4v) is 4.50. The Morgan fingerprint density at radius 2 is 1.97 bits per heavy atom. The van der Waals surface area contributed by atoms with Gasteiger partial charge in [-0.05, 0) is 62.4 Å². The van der Waals surface area contributed by atoms with Crippen LogP contribution in [-0.2, 0) is 13.0 Å². The van der Waals surface area contributed by atoms with Crippen LogP contribution in [0.3, 0.4) is 0 Å². The highest BCUT2D eigenvalue weighted by Gasteiger charge is 2.28. The number of aromatic nitrogens is 3. The SMILES string of the molecule is C1=NC(CCCN(Cc2nc3ccccc3[nH]2)C2CCCc3cccnc32)N=C1. The maximum absolute atomic E-state index is 4.82. The summed E-state index contributed by atoms with van der Waals surface area (Å²) in [5.41, 5.74) is 4.76. The molecule has 3 heterocycles. The average Bonchev–Trinajstić information content (AvgIpc) is 3.42. The van der Waals surface area contributed by atoms with Crippen molar-refractivity contribution in [3.8, 4) is 0 Å². The van der Waals surface area contributed by atoms with E-state index in [1.54, 1.807) is 12.4 Å². The predicted octanol–water partition coefficient (Wildman–Crippen LogP) is 4.10. The number of rotatable bonds is 7. The molecule has 2 aromatic heterocycles. The minimum absolute atomic E-state index is 0.0971. The molecule has 0 bridgehead atoms. The second-order valence-electron chi connectivity index (χ2n) is 7.85. The molecule has 0 spiro atoms. The molecule has 0 saturated carbocycles. The smallest absolute Gasteiger partial charge is 0.139 e. The Labute approximate surface area is 170 Å². The Morgan fingerprint density at radius 3 is 2.86 bits per heavy atom. The first-order valence-corrected chi connectivity index (χ1v) is 10.5. The van der Waals surface area contributed by atoms with Crippen LogP contribution in [0.1, 0.15) is 48.8 Å². The molecule has 3 aromatic rings. The number of benzene rings is 1. The molecule has 1 aromatic carbocycles. The molecule has 1 aliphatic carbocycles. The number of nitrogens with zero attached hydrogens (tertiary/aromatic N) is 5. The molecule has 6 heteroatoms. The molecule has 0 fully saturated rings. The van der Waals surface area contributed by atoms with Crippen molar-refractivity contribution in [3.05, 3.63) is 59.7 Å². The summed E-state index contributed by atoms with van der Waals surface area (Å²) >= 11 is 0. The van der Waals surface area contributed by atoms with E-state index >= 15 is 0 Å². The summed E-state index contributed by atoms with van der Waals surface area (Å²) in [6.07, 6.45) is 11.1. The van der Waals surface area contributed by atoms with Crippen LogP contribution in [0.15, 0.2) is 52.6 Å². The van der Waals surface area contributed by atoms with Gasteiger partial charge in [0.05, 0.1) is 29.3 Å². The first-order chi connectivity index (χ1) is 14.4. The van der Waals surface area contributed by atoms with Gasteiger partial charge in [-0.1, -0.05) is 18.2 Å². The van der Waals surface area contributed by atoms with Gasteiger partial charge in [0, 0.05) is 18.6 Å². The molecular weight excluding hydrogens is 360 g/mol. The molecule has 2 aliphatic rings. The minimum Gasteiger partial charge on any atom is -0.341 e. The number of aromatic amines is 1. The van der Waals surface area contributed by atoms with Crippen molar-refractivity contribution < 1.29 is 0 Å². The summed E-state index contributed by atoms with van der Waals surface area (Å²) in [7, 11) is 0. The van der Waals surface area contributed by atoms with Gasteiger partial charge in [0.1, 0.15) is 12.0 Å². The molecule has 1 aliphatic heterocycles. The van der Waals surface area contributed by atoms with E-state index in [0.717, 1.165) is 55.6 Å². The van der Waals surface area contributed by atoms with Gasteiger partial charge in [0.15, 0.2) is 0 Å². The number of H-pyrrole nitrogens is 1. The summed E-state index contributed by atoms with van der Waals surface area (Å²) in [5.74, 6) is 1.02. The quantitative estimate of drug-likeness (QED) is 0.665. The van der Waals surface area contributed by atoms with Crippen LogP contribution in [0, 0.1) is 0 Å². The van der Waals surface area contributed by atoms with E-state index in [0.29, 0.717) is 6.04 Å². The van der Waals surface area contributed by atoms with Crippen molar-refractivity contribution in [2.24, 2.45) is 9.98 Å². The van der Waals surface area contributed by atoms with E-state index in [-0.39, 0.29) is 6.17 Å². The van der Waals surface area contributed by atoms with Crippen LogP contribution < -0.4 is 0 Å². The third-order valence-electron chi connectivity index (χ3n) is 5.89. The Bertz CT molecular complexity index is 992. The zero-order chi connectivity index (χ0) is 19.5. The molecule has 1 atom stereocenters. The molecule has 1 N–H and O–H groups in total. The summed E-state index contributed by atoms with van der Waals surface area (Å²) < 4.78 is 0. The van der Waals surface area contributed by atoms with Crippen LogP contribution in [0.25, 0.3) is 11.0 Å². The molecule has 148 valence electrons. The highest BCUT2D eigenvalue weighted by molar-refractivity contribution is 6.17. The van der Waals surface area contributed by atoms with E-state index in [1.165, 1.54) is 17.7 Å². The molecule has 0 radical (unpaired) electrons. The largest absolute Gasteiger partial charge is 0.341 e. The topological polar surface area (TPSA) is 69.5 Å². The first-order valence-electron chi connectivity index (χ1n) is 10.5. The van der Waals surface area contributed by atoms with E-state index < -0.39 is 0 Å². The zero-order valence-corrected chi connectivity index (χ0v) is 16.5. The van der Waals surface area contributed by atoms with Gasteiger partial charge in [-0.15, -0.1) is 0 Å². The number of aliphatic imine (C=N–C) groups is 2. The monoisotopic (exact) mass is 386 g/mol. The van der Waals surface area contributed by atoms with E-state index in [2.05, 4.69) is 44.1 Å². The third-order valence-corrected chi connectivity index (χ3v) is 5.89. The lowest BCUT2D eigenvalue weighted by atomic mass is 9.90. The van der Waals surface area contributed by atoms with E-state index in [4.69, 9.17) is 9.97 Å². The molecule has 5 rings (SSSR count). The molecular formula is C23H26N6. The van der Waals surface area contributed by atoms with Crippen LogP contribution in [-0.4, -0.2) is 45.0 Å². The zero-order valence-electron chi connectivity index (χ0n) is 16.5. The number of pyridine rings is 1. The van der Waals surface area contributed by atoms with Crippen LogP contribution in [0.2, 0.25) is 0 Å². The minimum atomic E-state index is 0.0971.